The highest BCUT2D eigenvalue weighted by Crippen LogP contribution is 2.22. The van der Waals surface area contributed by atoms with Gasteiger partial charge in [-0.15, -0.1) is 0 Å². The number of anilines is 1. The Balaban J connectivity index is 1.98. The minimum absolute atomic E-state index is 0.245. The second-order valence-corrected chi connectivity index (χ2v) is 4.88. The van der Waals surface area contributed by atoms with Gasteiger partial charge in [-0.3, -0.25) is 4.90 Å². The zero-order valence-corrected chi connectivity index (χ0v) is 10.1. The van der Waals surface area contributed by atoms with Gasteiger partial charge in [0.15, 0.2) is 0 Å². The molecule has 2 atom stereocenters. The van der Waals surface area contributed by atoms with Crippen molar-refractivity contribution in [3.63, 3.8) is 0 Å². The van der Waals surface area contributed by atoms with Crippen LogP contribution in [-0.4, -0.2) is 29.2 Å². The third-order valence-corrected chi connectivity index (χ3v) is 3.46. The lowest BCUT2D eigenvalue weighted by Crippen LogP contribution is -2.24. The first-order chi connectivity index (χ1) is 8.06. The number of nitrogen functional groups attached to an aromatic ring is 1. The molecule has 0 radical (unpaired) electrons. The largest absolute Gasteiger partial charge is 0.399 e. The van der Waals surface area contributed by atoms with Crippen molar-refractivity contribution < 1.29 is 9.50 Å². The van der Waals surface area contributed by atoms with Crippen molar-refractivity contribution in [2.24, 2.45) is 5.92 Å². The van der Waals surface area contributed by atoms with Crippen molar-refractivity contribution in [1.82, 2.24) is 4.90 Å². The molecule has 17 heavy (non-hydrogen) atoms. The second-order valence-electron chi connectivity index (χ2n) is 4.88. The number of benzene rings is 1. The number of aliphatic hydroxyl groups is 1. The van der Waals surface area contributed by atoms with E-state index in [9.17, 15) is 9.50 Å². The standard InChI is InChI=1S/C13H19FN2O/c1-9(17)10-4-5-16(7-10)8-11-2-3-12(15)6-13(11)14/h2-3,6,9-10,17H,4-5,7-8,15H2,1H3. The summed E-state index contributed by atoms with van der Waals surface area (Å²) < 4.78 is 13.6. The normalized spacial score (nSPS) is 22.9. The zero-order chi connectivity index (χ0) is 12.4. The van der Waals surface area contributed by atoms with Gasteiger partial charge in [0.1, 0.15) is 5.82 Å². The van der Waals surface area contributed by atoms with E-state index in [0.29, 0.717) is 23.7 Å². The molecule has 0 amide bonds. The maximum Gasteiger partial charge on any atom is 0.129 e. The highest BCUT2D eigenvalue weighted by atomic mass is 19.1. The molecule has 0 aliphatic carbocycles. The van der Waals surface area contributed by atoms with Gasteiger partial charge in [0.25, 0.3) is 0 Å². The number of hydrogen-bond acceptors (Lipinski definition) is 3. The lowest BCUT2D eigenvalue weighted by atomic mass is 10.0. The van der Waals surface area contributed by atoms with E-state index < -0.39 is 0 Å². The maximum absolute atomic E-state index is 13.6. The highest BCUT2D eigenvalue weighted by Gasteiger charge is 2.26. The SMILES string of the molecule is CC(O)C1CCN(Cc2ccc(N)cc2F)C1. The molecule has 94 valence electrons. The van der Waals surface area contributed by atoms with E-state index in [2.05, 4.69) is 4.90 Å². The van der Waals surface area contributed by atoms with E-state index in [-0.39, 0.29) is 11.9 Å². The molecule has 1 heterocycles. The summed E-state index contributed by atoms with van der Waals surface area (Å²) in [5.74, 6) is 0.0670. The molecule has 0 bridgehead atoms. The smallest absolute Gasteiger partial charge is 0.129 e. The van der Waals surface area contributed by atoms with Gasteiger partial charge in [0.05, 0.1) is 6.10 Å². The van der Waals surface area contributed by atoms with Crippen LogP contribution in [0.4, 0.5) is 10.1 Å². The zero-order valence-electron chi connectivity index (χ0n) is 10.1. The van der Waals surface area contributed by atoms with Crippen LogP contribution < -0.4 is 5.73 Å². The van der Waals surface area contributed by atoms with Gasteiger partial charge in [0, 0.05) is 24.3 Å². The molecule has 1 aromatic rings. The molecule has 3 nitrogen and oxygen atoms in total. The first kappa shape index (κ1) is 12.3. The fourth-order valence-electron chi connectivity index (χ4n) is 2.33. The molecule has 1 aliphatic heterocycles. The van der Waals surface area contributed by atoms with Gasteiger partial charge in [-0.2, -0.15) is 0 Å². The van der Waals surface area contributed by atoms with Crippen LogP contribution in [0.3, 0.4) is 0 Å². The van der Waals surface area contributed by atoms with Crippen molar-refractivity contribution in [2.75, 3.05) is 18.8 Å². The quantitative estimate of drug-likeness (QED) is 0.787. The molecule has 1 fully saturated rings. The number of hydrogen-bond donors (Lipinski definition) is 2. The summed E-state index contributed by atoms with van der Waals surface area (Å²) in [6, 6.07) is 4.82. The van der Waals surface area contributed by atoms with E-state index in [1.165, 1.54) is 6.07 Å². The lowest BCUT2D eigenvalue weighted by Gasteiger charge is -2.17. The monoisotopic (exact) mass is 238 g/mol. The fraction of sp³-hybridized carbons (Fsp3) is 0.538. The average molecular weight is 238 g/mol. The molecule has 4 heteroatoms. The lowest BCUT2D eigenvalue weighted by molar-refractivity contribution is 0.127. The molecule has 0 saturated carbocycles. The Bertz CT molecular complexity index is 395. The molecular formula is C13H19FN2O. The van der Waals surface area contributed by atoms with E-state index in [1.807, 2.05) is 6.92 Å². The summed E-state index contributed by atoms with van der Waals surface area (Å²) in [4.78, 5) is 2.17. The molecule has 1 aromatic carbocycles. The van der Waals surface area contributed by atoms with Crippen molar-refractivity contribution in [3.05, 3.63) is 29.6 Å². The van der Waals surface area contributed by atoms with E-state index in [4.69, 9.17) is 5.73 Å². The number of likely N-dealkylation sites (tertiary alicyclic amines) is 1. The van der Waals surface area contributed by atoms with Crippen LogP contribution in [0.5, 0.6) is 0 Å². The van der Waals surface area contributed by atoms with Gasteiger partial charge in [-0.25, -0.2) is 4.39 Å². The molecular weight excluding hydrogens is 219 g/mol. The molecule has 1 aliphatic rings. The summed E-state index contributed by atoms with van der Waals surface area (Å²) in [5.41, 5.74) is 6.64. The average Bonchev–Trinajstić information content (AvgIpc) is 2.71. The van der Waals surface area contributed by atoms with Gasteiger partial charge >= 0.3 is 0 Å². The predicted octanol–water partition coefficient (Wildman–Crippen LogP) is 1.61. The molecule has 0 spiro atoms. The summed E-state index contributed by atoms with van der Waals surface area (Å²) >= 11 is 0. The van der Waals surface area contributed by atoms with Crippen LogP contribution in [0.25, 0.3) is 0 Å². The Morgan fingerprint density at radius 1 is 1.59 bits per heavy atom. The van der Waals surface area contributed by atoms with E-state index >= 15 is 0 Å². The number of rotatable bonds is 3. The van der Waals surface area contributed by atoms with E-state index in [0.717, 1.165) is 19.5 Å². The molecule has 2 rings (SSSR count). The number of aliphatic hydroxyl groups excluding tert-OH is 1. The first-order valence-corrected chi connectivity index (χ1v) is 6.00. The Labute approximate surface area is 101 Å². The summed E-state index contributed by atoms with van der Waals surface area (Å²) in [6.07, 6.45) is 0.699. The minimum Gasteiger partial charge on any atom is -0.399 e. The summed E-state index contributed by atoms with van der Waals surface area (Å²) in [7, 11) is 0. The van der Waals surface area contributed by atoms with Crippen molar-refractivity contribution in [2.45, 2.75) is 26.0 Å². The number of nitrogens with two attached hydrogens (primary N) is 1. The third-order valence-electron chi connectivity index (χ3n) is 3.46. The number of nitrogens with zero attached hydrogens (tertiary/aromatic N) is 1. The van der Waals surface area contributed by atoms with Crippen molar-refractivity contribution in [1.29, 1.82) is 0 Å². The minimum atomic E-state index is -0.281. The summed E-state index contributed by atoms with van der Waals surface area (Å²) in [5, 5.41) is 9.51. The topological polar surface area (TPSA) is 49.5 Å². The van der Waals surface area contributed by atoms with Crippen LogP contribution in [0.15, 0.2) is 18.2 Å². The first-order valence-electron chi connectivity index (χ1n) is 6.00. The Hall–Kier alpha value is -1.13. The van der Waals surface area contributed by atoms with Gasteiger partial charge in [-0.05, 0) is 37.9 Å². The Morgan fingerprint density at radius 2 is 2.35 bits per heavy atom. The van der Waals surface area contributed by atoms with E-state index in [1.54, 1.807) is 12.1 Å². The molecule has 1 saturated heterocycles. The fourth-order valence-corrected chi connectivity index (χ4v) is 2.33. The van der Waals surface area contributed by atoms with Crippen LogP contribution in [-0.2, 0) is 6.54 Å². The highest BCUT2D eigenvalue weighted by molar-refractivity contribution is 5.40. The molecule has 2 unspecified atom stereocenters. The summed E-state index contributed by atoms with van der Waals surface area (Å²) in [6.45, 7) is 4.16. The van der Waals surface area contributed by atoms with Gasteiger partial charge < -0.3 is 10.8 Å². The maximum atomic E-state index is 13.6. The Morgan fingerprint density at radius 3 is 2.94 bits per heavy atom. The van der Waals surface area contributed by atoms with Crippen LogP contribution in [0, 0.1) is 11.7 Å². The number of halogens is 1. The Kier molecular flexibility index (Phi) is 3.64. The van der Waals surface area contributed by atoms with Crippen LogP contribution in [0.2, 0.25) is 0 Å². The predicted molar refractivity (Wildman–Crippen MR) is 65.9 cm³/mol. The van der Waals surface area contributed by atoms with Crippen LogP contribution >= 0.6 is 0 Å². The molecule has 0 aromatic heterocycles. The van der Waals surface area contributed by atoms with Crippen molar-refractivity contribution in [3.8, 4) is 0 Å². The van der Waals surface area contributed by atoms with Gasteiger partial charge in [0.2, 0.25) is 0 Å². The third kappa shape index (κ3) is 2.96. The second kappa shape index (κ2) is 5.02. The van der Waals surface area contributed by atoms with Crippen LogP contribution in [0.1, 0.15) is 18.9 Å². The van der Waals surface area contributed by atoms with Crippen molar-refractivity contribution >= 4 is 5.69 Å². The van der Waals surface area contributed by atoms with Gasteiger partial charge in [-0.1, -0.05) is 6.07 Å². The molecule has 3 N–H and O–H groups in total.